The molecule has 1 heterocycles. The highest BCUT2D eigenvalue weighted by atomic mass is 32.2. The van der Waals surface area contributed by atoms with Crippen molar-refractivity contribution in [1.29, 1.82) is 0 Å². The van der Waals surface area contributed by atoms with Crippen LogP contribution in [0.25, 0.3) is 0 Å². The van der Waals surface area contributed by atoms with E-state index in [4.69, 9.17) is 0 Å². The lowest BCUT2D eigenvalue weighted by molar-refractivity contribution is -0.128. The summed E-state index contributed by atoms with van der Waals surface area (Å²) in [6.07, 6.45) is 1.89. The third-order valence-electron chi connectivity index (χ3n) is 6.33. The van der Waals surface area contributed by atoms with E-state index in [1.165, 1.54) is 12.1 Å². The number of anilines is 1. The normalized spacial score (nSPS) is 15.0. The third-order valence-corrected chi connectivity index (χ3v) is 7.82. The first-order valence-corrected chi connectivity index (χ1v) is 13.6. The maximum absolute atomic E-state index is 13.3. The molecule has 3 aromatic carbocycles. The molecule has 7 nitrogen and oxygen atoms in total. The Kier molecular flexibility index (Phi) is 7.86. The van der Waals surface area contributed by atoms with Gasteiger partial charge in [0.05, 0.1) is 4.90 Å². The van der Waals surface area contributed by atoms with Gasteiger partial charge in [-0.15, -0.1) is 0 Å². The Morgan fingerprint density at radius 1 is 0.944 bits per heavy atom. The maximum atomic E-state index is 13.3. The van der Waals surface area contributed by atoms with Gasteiger partial charge < -0.3 is 10.2 Å². The van der Waals surface area contributed by atoms with Crippen molar-refractivity contribution in [1.82, 2.24) is 10.0 Å². The summed E-state index contributed by atoms with van der Waals surface area (Å²) < 4.78 is 28.7. The summed E-state index contributed by atoms with van der Waals surface area (Å²) in [4.78, 5) is 28.4. The molecule has 0 spiro atoms. The van der Waals surface area contributed by atoms with Crippen LogP contribution in [0.5, 0.6) is 0 Å². The molecule has 0 aliphatic carbocycles. The van der Waals surface area contributed by atoms with Crippen LogP contribution in [0.2, 0.25) is 0 Å². The molecule has 36 heavy (non-hydrogen) atoms. The minimum Gasteiger partial charge on any atom is -0.343 e. The SMILES string of the molecule is Cc1ccc(S(=O)(=O)N[C@@H](Cc2ccccc2)C(=O)NC(C)C(=O)N2CCCc3ccccc32)cc1. The molecule has 0 radical (unpaired) electrons. The van der Waals surface area contributed by atoms with E-state index in [0.29, 0.717) is 6.54 Å². The molecule has 8 heteroatoms. The Hall–Kier alpha value is -3.49. The average Bonchev–Trinajstić information content (AvgIpc) is 2.88. The lowest BCUT2D eigenvalue weighted by Crippen LogP contribution is -2.54. The molecule has 1 unspecified atom stereocenters. The topological polar surface area (TPSA) is 95.6 Å². The number of rotatable bonds is 8. The van der Waals surface area contributed by atoms with Crippen molar-refractivity contribution in [2.24, 2.45) is 0 Å². The highest BCUT2D eigenvalue weighted by Crippen LogP contribution is 2.27. The van der Waals surface area contributed by atoms with Gasteiger partial charge in [0.15, 0.2) is 0 Å². The Morgan fingerprint density at radius 2 is 1.61 bits per heavy atom. The van der Waals surface area contributed by atoms with Crippen LogP contribution < -0.4 is 14.9 Å². The van der Waals surface area contributed by atoms with E-state index in [-0.39, 0.29) is 17.2 Å². The first kappa shape index (κ1) is 25.6. The van der Waals surface area contributed by atoms with Gasteiger partial charge in [0.25, 0.3) is 0 Å². The molecule has 0 bridgehead atoms. The second kappa shape index (κ2) is 11.1. The molecule has 2 atom stereocenters. The zero-order valence-corrected chi connectivity index (χ0v) is 21.3. The number of para-hydroxylation sites is 1. The predicted octanol–water partition coefficient (Wildman–Crippen LogP) is 3.37. The molecule has 0 saturated carbocycles. The Labute approximate surface area is 212 Å². The van der Waals surface area contributed by atoms with Gasteiger partial charge in [0.1, 0.15) is 12.1 Å². The number of aryl methyl sites for hydroxylation is 2. The molecule has 1 aliphatic heterocycles. The highest BCUT2D eigenvalue weighted by Gasteiger charge is 2.31. The zero-order valence-electron chi connectivity index (χ0n) is 20.5. The van der Waals surface area contributed by atoms with Crippen molar-refractivity contribution >= 4 is 27.5 Å². The number of hydrogen-bond acceptors (Lipinski definition) is 4. The first-order valence-electron chi connectivity index (χ1n) is 12.1. The number of sulfonamides is 1. The summed E-state index contributed by atoms with van der Waals surface area (Å²) in [6.45, 7) is 4.07. The van der Waals surface area contributed by atoms with Crippen LogP contribution >= 0.6 is 0 Å². The largest absolute Gasteiger partial charge is 0.343 e. The zero-order chi connectivity index (χ0) is 25.7. The molecule has 0 fully saturated rings. The minimum absolute atomic E-state index is 0.0769. The van der Waals surface area contributed by atoms with Crippen LogP contribution in [-0.4, -0.2) is 38.9 Å². The summed E-state index contributed by atoms with van der Waals surface area (Å²) in [6, 6.07) is 21.5. The number of fused-ring (bicyclic) bond motifs is 1. The van der Waals surface area contributed by atoms with Gasteiger partial charge in [-0.3, -0.25) is 9.59 Å². The summed E-state index contributed by atoms with van der Waals surface area (Å²) >= 11 is 0. The second-order valence-electron chi connectivity index (χ2n) is 9.13. The van der Waals surface area contributed by atoms with E-state index in [9.17, 15) is 18.0 Å². The van der Waals surface area contributed by atoms with Crippen molar-refractivity contribution in [3.8, 4) is 0 Å². The fourth-order valence-electron chi connectivity index (χ4n) is 4.38. The predicted molar refractivity (Wildman–Crippen MR) is 140 cm³/mol. The smallest absolute Gasteiger partial charge is 0.249 e. The highest BCUT2D eigenvalue weighted by molar-refractivity contribution is 7.89. The Bertz CT molecular complexity index is 1320. The van der Waals surface area contributed by atoms with Crippen molar-refractivity contribution in [3.05, 3.63) is 95.6 Å². The summed E-state index contributed by atoms with van der Waals surface area (Å²) in [5, 5.41) is 2.75. The average molecular weight is 506 g/mol. The minimum atomic E-state index is -3.96. The molecule has 0 saturated heterocycles. The summed E-state index contributed by atoms with van der Waals surface area (Å²) in [7, 11) is -3.96. The van der Waals surface area contributed by atoms with E-state index < -0.39 is 28.0 Å². The van der Waals surface area contributed by atoms with Crippen molar-refractivity contribution in [3.63, 3.8) is 0 Å². The van der Waals surface area contributed by atoms with Gasteiger partial charge in [0.2, 0.25) is 21.8 Å². The quantitative estimate of drug-likeness (QED) is 0.491. The molecule has 1 aliphatic rings. The monoisotopic (exact) mass is 505 g/mol. The number of hydrogen-bond donors (Lipinski definition) is 2. The van der Waals surface area contributed by atoms with E-state index in [2.05, 4.69) is 10.0 Å². The number of nitrogens with one attached hydrogen (secondary N) is 2. The number of amides is 2. The molecule has 3 aromatic rings. The number of carbonyl (C=O) groups is 2. The van der Waals surface area contributed by atoms with Gasteiger partial charge in [-0.05, 0) is 62.4 Å². The van der Waals surface area contributed by atoms with Crippen molar-refractivity contribution < 1.29 is 18.0 Å². The van der Waals surface area contributed by atoms with Crippen LogP contribution in [0.1, 0.15) is 30.0 Å². The second-order valence-corrected chi connectivity index (χ2v) is 10.8. The standard InChI is InChI=1S/C28H31N3O4S/c1-20-14-16-24(17-15-20)36(34,35)30-25(19-22-9-4-3-5-10-22)27(32)29-21(2)28(33)31-18-8-12-23-11-6-7-13-26(23)31/h3-7,9-11,13-17,21,25,30H,8,12,18-19H2,1-2H3,(H,29,32)/t21?,25-/m0/s1. The number of nitrogens with zero attached hydrogens (tertiary/aromatic N) is 1. The molecule has 4 rings (SSSR count). The molecule has 2 amide bonds. The lowest BCUT2D eigenvalue weighted by atomic mass is 10.0. The van der Waals surface area contributed by atoms with Crippen LogP contribution in [0.15, 0.2) is 83.8 Å². The van der Waals surface area contributed by atoms with Gasteiger partial charge in [-0.1, -0.05) is 66.2 Å². The third kappa shape index (κ3) is 6.01. The fourth-order valence-corrected chi connectivity index (χ4v) is 5.58. The molecule has 0 aromatic heterocycles. The Balaban J connectivity index is 1.53. The molecule has 2 N–H and O–H groups in total. The molecule has 188 valence electrons. The maximum Gasteiger partial charge on any atom is 0.249 e. The van der Waals surface area contributed by atoms with Gasteiger partial charge in [-0.25, -0.2) is 8.42 Å². The fraction of sp³-hybridized carbons (Fsp3) is 0.286. The lowest BCUT2D eigenvalue weighted by Gasteiger charge is -2.32. The Morgan fingerprint density at radius 3 is 2.33 bits per heavy atom. The first-order chi connectivity index (χ1) is 17.2. The van der Waals surface area contributed by atoms with E-state index in [1.54, 1.807) is 24.0 Å². The molecular formula is C28H31N3O4S. The van der Waals surface area contributed by atoms with E-state index in [1.807, 2.05) is 61.5 Å². The van der Waals surface area contributed by atoms with Gasteiger partial charge >= 0.3 is 0 Å². The van der Waals surface area contributed by atoms with E-state index in [0.717, 1.165) is 35.2 Å². The number of benzene rings is 3. The van der Waals surface area contributed by atoms with Crippen LogP contribution in [-0.2, 0) is 32.5 Å². The van der Waals surface area contributed by atoms with Crippen LogP contribution in [0.4, 0.5) is 5.69 Å². The van der Waals surface area contributed by atoms with Gasteiger partial charge in [0, 0.05) is 12.2 Å². The van der Waals surface area contributed by atoms with E-state index >= 15 is 0 Å². The van der Waals surface area contributed by atoms with Crippen LogP contribution in [0, 0.1) is 6.92 Å². The van der Waals surface area contributed by atoms with Gasteiger partial charge in [-0.2, -0.15) is 4.72 Å². The summed E-state index contributed by atoms with van der Waals surface area (Å²) in [5.41, 5.74) is 3.69. The van der Waals surface area contributed by atoms with Crippen molar-refractivity contribution in [2.45, 2.75) is 50.1 Å². The summed E-state index contributed by atoms with van der Waals surface area (Å²) in [5.74, 6) is -0.781. The van der Waals surface area contributed by atoms with Crippen LogP contribution in [0.3, 0.4) is 0 Å². The number of carbonyl (C=O) groups excluding carboxylic acids is 2. The molecular weight excluding hydrogens is 474 g/mol. The van der Waals surface area contributed by atoms with Crippen molar-refractivity contribution in [2.75, 3.05) is 11.4 Å².